The van der Waals surface area contributed by atoms with Gasteiger partial charge in [-0.1, -0.05) is 13.0 Å². The van der Waals surface area contributed by atoms with Gasteiger partial charge < -0.3 is 20.5 Å². The second-order valence-corrected chi connectivity index (χ2v) is 6.62. The van der Waals surface area contributed by atoms with Gasteiger partial charge in [0.15, 0.2) is 5.69 Å². The van der Waals surface area contributed by atoms with E-state index in [1.54, 1.807) is 19.1 Å². The van der Waals surface area contributed by atoms with Crippen LogP contribution >= 0.6 is 0 Å². The molecule has 0 saturated heterocycles. The molecule has 1 amide bonds. The lowest BCUT2D eigenvalue weighted by molar-refractivity contribution is -0.143. The first-order chi connectivity index (χ1) is 14.7. The first-order valence-electron chi connectivity index (χ1n) is 9.38. The van der Waals surface area contributed by atoms with Crippen molar-refractivity contribution in [3.63, 3.8) is 0 Å². The lowest BCUT2D eigenvalue weighted by Gasteiger charge is -2.14. The molecule has 1 atom stereocenters. The topological polar surface area (TPSA) is 88.4 Å². The van der Waals surface area contributed by atoms with Gasteiger partial charge in [-0.3, -0.25) is 4.79 Å². The number of hydrogen-bond donors (Lipinski definition) is 3. The summed E-state index contributed by atoms with van der Waals surface area (Å²) in [6.45, 7) is 1.78. The zero-order valence-corrected chi connectivity index (χ0v) is 16.8. The van der Waals surface area contributed by atoms with Crippen LogP contribution in [0.2, 0.25) is 0 Å². The van der Waals surface area contributed by atoms with Crippen LogP contribution in [0.3, 0.4) is 0 Å². The summed E-state index contributed by atoms with van der Waals surface area (Å²) in [7, 11) is 1.44. The number of nitrogens with zero attached hydrogens (tertiary/aromatic N) is 2. The summed E-state index contributed by atoms with van der Waals surface area (Å²) in [5, 5.41) is 18.7. The van der Waals surface area contributed by atoms with Crippen LogP contribution in [0.4, 0.5) is 24.5 Å². The number of aliphatic hydroxyl groups excluding tert-OH is 1. The summed E-state index contributed by atoms with van der Waals surface area (Å²) in [5.74, 6) is -0.482. The van der Waals surface area contributed by atoms with E-state index < -0.39 is 29.6 Å². The van der Waals surface area contributed by atoms with Gasteiger partial charge in [0.25, 0.3) is 5.91 Å². The number of hydrogen-bond acceptors (Lipinski definition) is 5. The van der Waals surface area contributed by atoms with Gasteiger partial charge in [-0.25, -0.2) is 4.68 Å². The number of ether oxygens (including phenoxy) is 1. The number of rotatable bonds is 7. The van der Waals surface area contributed by atoms with Crippen LogP contribution in [0.1, 0.15) is 29.4 Å². The van der Waals surface area contributed by atoms with Crippen LogP contribution in [0.25, 0.3) is 5.69 Å². The van der Waals surface area contributed by atoms with Crippen LogP contribution in [0.15, 0.2) is 54.7 Å². The molecule has 0 saturated carbocycles. The molecule has 31 heavy (non-hydrogen) atoms. The highest BCUT2D eigenvalue weighted by Gasteiger charge is 2.40. The van der Waals surface area contributed by atoms with E-state index in [0.29, 0.717) is 22.5 Å². The number of alkyl halides is 3. The van der Waals surface area contributed by atoms with Gasteiger partial charge in [-0.2, -0.15) is 18.3 Å². The summed E-state index contributed by atoms with van der Waals surface area (Å²) >= 11 is 0. The third-order valence-corrected chi connectivity index (χ3v) is 4.44. The summed E-state index contributed by atoms with van der Waals surface area (Å²) in [6, 6.07) is 12.1. The van der Waals surface area contributed by atoms with Crippen LogP contribution in [-0.2, 0) is 6.18 Å². The van der Waals surface area contributed by atoms with Gasteiger partial charge in [-0.05, 0) is 48.9 Å². The molecule has 164 valence electrons. The van der Waals surface area contributed by atoms with Crippen LogP contribution in [0.5, 0.6) is 5.75 Å². The molecule has 10 heteroatoms. The standard InChI is InChI=1S/C21H21F3N4O3/c1-3-18(29)26-13-5-4-6-14(11-13)27-20(30)17-12-25-28(19(17)21(22,23)24)15-7-9-16(31-2)10-8-15/h4-12,18,26,29H,3H2,1-2H3,(H,27,30). The van der Waals surface area contributed by atoms with Crippen LogP contribution in [0, 0.1) is 0 Å². The number of aliphatic hydroxyl groups is 1. The molecule has 3 N–H and O–H groups in total. The predicted molar refractivity (Wildman–Crippen MR) is 109 cm³/mol. The number of aromatic nitrogens is 2. The maximum absolute atomic E-state index is 13.8. The van der Waals surface area contributed by atoms with Gasteiger partial charge in [0.1, 0.15) is 12.0 Å². The van der Waals surface area contributed by atoms with Crippen molar-refractivity contribution in [3.8, 4) is 11.4 Å². The number of nitrogens with one attached hydrogen (secondary N) is 2. The predicted octanol–water partition coefficient (Wildman–Crippen LogP) is 4.29. The Balaban J connectivity index is 1.91. The Morgan fingerprint density at radius 2 is 1.87 bits per heavy atom. The molecule has 0 bridgehead atoms. The van der Waals surface area contributed by atoms with E-state index in [2.05, 4.69) is 15.7 Å². The van der Waals surface area contributed by atoms with Gasteiger partial charge in [0.05, 0.1) is 24.6 Å². The number of carbonyl (C=O) groups is 1. The van der Waals surface area contributed by atoms with E-state index in [1.807, 2.05) is 0 Å². The molecule has 1 heterocycles. The lowest BCUT2D eigenvalue weighted by Crippen LogP contribution is -2.21. The van der Waals surface area contributed by atoms with E-state index in [0.717, 1.165) is 6.20 Å². The fraction of sp³-hybridized carbons (Fsp3) is 0.238. The average Bonchev–Trinajstić information content (AvgIpc) is 3.20. The first-order valence-corrected chi connectivity index (χ1v) is 9.38. The van der Waals surface area contributed by atoms with Gasteiger partial charge in [-0.15, -0.1) is 0 Å². The Bertz CT molecular complexity index is 1050. The number of amides is 1. The maximum Gasteiger partial charge on any atom is 0.434 e. The quantitative estimate of drug-likeness (QED) is 0.483. The molecule has 3 rings (SSSR count). The average molecular weight is 434 g/mol. The molecule has 0 fully saturated rings. The fourth-order valence-corrected chi connectivity index (χ4v) is 2.89. The number of benzene rings is 2. The third-order valence-electron chi connectivity index (χ3n) is 4.44. The Hall–Kier alpha value is -3.53. The normalized spacial score (nSPS) is 12.3. The number of carbonyl (C=O) groups excluding carboxylic acids is 1. The third kappa shape index (κ3) is 5.15. The van der Waals surface area contributed by atoms with Crippen LogP contribution in [-0.4, -0.2) is 34.1 Å². The monoisotopic (exact) mass is 434 g/mol. The van der Waals surface area contributed by atoms with E-state index in [1.165, 1.54) is 43.5 Å². The number of halogens is 3. The Kier molecular flexibility index (Phi) is 6.50. The van der Waals surface area contributed by atoms with E-state index >= 15 is 0 Å². The molecule has 0 radical (unpaired) electrons. The van der Waals surface area contributed by atoms with E-state index in [-0.39, 0.29) is 11.4 Å². The van der Waals surface area contributed by atoms with E-state index in [9.17, 15) is 23.1 Å². The molecule has 3 aromatic rings. The molecule has 1 aromatic heterocycles. The molecular weight excluding hydrogens is 413 g/mol. The van der Waals surface area contributed by atoms with Gasteiger partial charge in [0.2, 0.25) is 0 Å². The molecule has 0 aliphatic rings. The molecule has 0 aliphatic heterocycles. The summed E-state index contributed by atoms with van der Waals surface area (Å²) in [4.78, 5) is 12.7. The van der Waals surface area contributed by atoms with Gasteiger partial charge >= 0.3 is 6.18 Å². The molecule has 7 nitrogen and oxygen atoms in total. The van der Waals surface area contributed by atoms with Crippen LogP contribution < -0.4 is 15.4 Å². The Morgan fingerprint density at radius 1 is 1.19 bits per heavy atom. The van der Waals surface area contributed by atoms with Crippen molar-refractivity contribution in [2.45, 2.75) is 25.7 Å². The zero-order valence-electron chi connectivity index (χ0n) is 16.8. The van der Waals surface area contributed by atoms with Crippen molar-refractivity contribution in [3.05, 3.63) is 66.0 Å². The largest absolute Gasteiger partial charge is 0.497 e. The Labute approximate surface area is 176 Å². The molecule has 0 spiro atoms. The second-order valence-electron chi connectivity index (χ2n) is 6.62. The van der Waals surface area contributed by atoms with Crippen molar-refractivity contribution >= 4 is 17.3 Å². The van der Waals surface area contributed by atoms with Crippen molar-refractivity contribution in [1.29, 1.82) is 0 Å². The summed E-state index contributed by atoms with van der Waals surface area (Å²) in [6.07, 6.45) is -4.27. The van der Waals surface area contributed by atoms with Crippen molar-refractivity contribution in [2.24, 2.45) is 0 Å². The smallest absolute Gasteiger partial charge is 0.434 e. The van der Waals surface area contributed by atoms with Gasteiger partial charge in [0, 0.05) is 11.4 Å². The summed E-state index contributed by atoms with van der Waals surface area (Å²) in [5.41, 5.74) is -0.895. The minimum atomic E-state index is -4.82. The number of anilines is 2. The minimum Gasteiger partial charge on any atom is -0.497 e. The lowest BCUT2D eigenvalue weighted by atomic mass is 10.2. The molecule has 1 unspecified atom stereocenters. The van der Waals surface area contributed by atoms with Crippen molar-refractivity contribution in [1.82, 2.24) is 9.78 Å². The zero-order chi connectivity index (χ0) is 22.6. The SMILES string of the molecule is CCC(O)Nc1cccc(NC(=O)c2cnn(-c3ccc(OC)cc3)c2C(F)(F)F)c1. The van der Waals surface area contributed by atoms with Crippen molar-refractivity contribution in [2.75, 3.05) is 17.7 Å². The Morgan fingerprint density at radius 3 is 2.48 bits per heavy atom. The van der Waals surface area contributed by atoms with E-state index in [4.69, 9.17) is 4.74 Å². The first kappa shape index (κ1) is 22.2. The second kappa shape index (κ2) is 9.09. The highest BCUT2D eigenvalue weighted by Crippen LogP contribution is 2.34. The van der Waals surface area contributed by atoms with Crippen molar-refractivity contribution < 1.29 is 27.8 Å². The summed E-state index contributed by atoms with van der Waals surface area (Å²) < 4.78 is 47.1. The maximum atomic E-state index is 13.8. The molecular formula is C21H21F3N4O3. The fourth-order valence-electron chi connectivity index (χ4n) is 2.89. The molecule has 2 aromatic carbocycles. The molecule has 0 aliphatic carbocycles. The number of methoxy groups -OCH3 is 1. The highest BCUT2D eigenvalue weighted by atomic mass is 19.4. The minimum absolute atomic E-state index is 0.131. The highest BCUT2D eigenvalue weighted by molar-refractivity contribution is 6.05.